The predicted octanol–water partition coefficient (Wildman–Crippen LogP) is 4.35. The molecule has 1 aromatic carbocycles. The van der Waals surface area contributed by atoms with Crippen LogP contribution in [0.1, 0.15) is 31.5 Å². The standard InChI is InChI=1S/C15H16F3N/c1-7(2)8-3-4-11-9(5-8)13-12(19-11)6-10(16)14(17)15(13)18/h6-8,19H,3-5H2,1-2H3. The van der Waals surface area contributed by atoms with Crippen LogP contribution in [0.2, 0.25) is 0 Å². The minimum absolute atomic E-state index is 0.235. The molecule has 0 radical (unpaired) electrons. The van der Waals surface area contributed by atoms with Gasteiger partial charge in [0.2, 0.25) is 0 Å². The monoisotopic (exact) mass is 267 g/mol. The van der Waals surface area contributed by atoms with Crippen molar-refractivity contribution in [3.05, 3.63) is 34.8 Å². The molecule has 0 fully saturated rings. The highest BCUT2D eigenvalue weighted by atomic mass is 19.2. The zero-order chi connectivity index (χ0) is 13.7. The molecule has 0 spiro atoms. The van der Waals surface area contributed by atoms with Crippen LogP contribution in [0.3, 0.4) is 0 Å². The summed E-state index contributed by atoms with van der Waals surface area (Å²) in [5, 5.41) is 0.235. The van der Waals surface area contributed by atoms with Crippen molar-refractivity contribution in [1.82, 2.24) is 4.98 Å². The molecule has 0 saturated carbocycles. The van der Waals surface area contributed by atoms with Gasteiger partial charge in [-0.2, -0.15) is 0 Å². The smallest absolute Gasteiger partial charge is 0.195 e. The average Bonchev–Trinajstić information content (AvgIpc) is 2.72. The minimum atomic E-state index is -1.37. The van der Waals surface area contributed by atoms with Crippen LogP contribution >= 0.6 is 0 Å². The Bertz CT molecular complexity index is 643. The van der Waals surface area contributed by atoms with Gasteiger partial charge in [0, 0.05) is 17.1 Å². The lowest BCUT2D eigenvalue weighted by Crippen LogP contribution is -2.18. The molecule has 19 heavy (non-hydrogen) atoms. The van der Waals surface area contributed by atoms with Crippen LogP contribution in [0.4, 0.5) is 13.2 Å². The lowest BCUT2D eigenvalue weighted by atomic mass is 9.80. The van der Waals surface area contributed by atoms with Crippen molar-refractivity contribution in [2.24, 2.45) is 11.8 Å². The van der Waals surface area contributed by atoms with E-state index in [9.17, 15) is 13.2 Å². The maximum Gasteiger partial charge on any atom is 0.195 e. The van der Waals surface area contributed by atoms with Crippen LogP contribution in [0.5, 0.6) is 0 Å². The van der Waals surface area contributed by atoms with Crippen molar-refractivity contribution in [2.75, 3.05) is 0 Å². The fourth-order valence-corrected chi connectivity index (χ4v) is 3.08. The van der Waals surface area contributed by atoms with E-state index in [-0.39, 0.29) is 5.39 Å². The van der Waals surface area contributed by atoms with Crippen LogP contribution in [0.15, 0.2) is 6.07 Å². The second-order valence-corrected chi connectivity index (χ2v) is 5.74. The second kappa shape index (κ2) is 4.29. The predicted molar refractivity (Wildman–Crippen MR) is 68.5 cm³/mol. The molecule has 1 aromatic heterocycles. The van der Waals surface area contributed by atoms with E-state index in [2.05, 4.69) is 18.8 Å². The number of rotatable bonds is 1. The number of benzene rings is 1. The molecule has 1 aliphatic carbocycles. The summed E-state index contributed by atoms with van der Waals surface area (Å²) in [5.41, 5.74) is 2.12. The van der Waals surface area contributed by atoms with Crippen LogP contribution < -0.4 is 0 Å². The lowest BCUT2D eigenvalue weighted by Gasteiger charge is -2.25. The topological polar surface area (TPSA) is 15.8 Å². The molecule has 1 aliphatic rings. The molecule has 2 aromatic rings. The van der Waals surface area contributed by atoms with E-state index in [0.717, 1.165) is 36.6 Å². The van der Waals surface area contributed by atoms with E-state index in [1.54, 1.807) is 0 Å². The number of hydrogen-bond acceptors (Lipinski definition) is 0. The van der Waals surface area contributed by atoms with E-state index in [1.165, 1.54) is 0 Å². The van der Waals surface area contributed by atoms with E-state index >= 15 is 0 Å². The number of H-pyrrole nitrogens is 1. The first-order chi connectivity index (χ1) is 8.99. The van der Waals surface area contributed by atoms with Gasteiger partial charge in [0.15, 0.2) is 17.5 Å². The molecule has 0 amide bonds. The molecule has 1 nitrogen and oxygen atoms in total. The molecule has 3 rings (SSSR count). The summed E-state index contributed by atoms with van der Waals surface area (Å²) < 4.78 is 40.6. The number of nitrogens with one attached hydrogen (secondary N) is 1. The van der Waals surface area contributed by atoms with E-state index in [0.29, 0.717) is 17.4 Å². The number of aromatic nitrogens is 1. The summed E-state index contributed by atoms with van der Waals surface area (Å²) in [5.74, 6) is -2.59. The zero-order valence-corrected chi connectivity index (χ0v) is 11.0. The lowest BCUT2D eigenvalue weighted by molar-refractivity contribution is 0.342. The Hall–Kier alpha value is -1.45. The summed E-state index contributed by atoms with van der Waals surface area (Å²) in [6.45, 7) is 4.28. The molecule has 0 aliphatic heterocycles. The van der Waals surface area contributed by atoms with E-state index in [4.69, 9.17) is 0 Å². The van der Waals surface area contributed by atoms with Crippen molar-refractivity contribution >= 4 is 10.9 Å². The second-order valence-electron chi connectivity index (χ2n) is 5.74. The fraction of sp³-hybridized carbons (Fsp3) is 0.467. The highest BCUT2D eigenvalue weighted by Crippen LogP contribution is 2.36. The summed E-state index contributed by atoms with van der Waals surface area (Å²) in [6.07, 6.45) is 2.58. The molecule has 0 bridgehead atoms. The summed E-state index contributed by atoms with van der Waals surface area (Å²) in [4.78, 5) is 3.04. The Morgan fingerprint density at radius 1 is 1.21 bits per heavy atom. The number of halogens is 3. The van der Waals surface area contributed by atoms with Crippen molar-refractivity contribution in [1.29, 1.82) is 0 Å². The molecule has 4 heteroatoms. The third-order valence-electron chi connectivity index (χ3n) is 4.29. The van der Waals surface area contributed by atoms with Gasteiger partial charge in [0.1, 0.15) is 0 Å². The van der Waals surface area contributed by atoms with Crippen molar-refractivity contribution in [3.63, 3.8) is 0 Å². The number of aryl methyl sites for hydroxylation is 1. The first kappa shape index (κ1) is 12.6. The van der Waals surface area contributed by atoms with Gasteiger partial charge in [-0.25, -0.2) is 13.2 Å². The SMILES string of the molecule is CC(C)C1CCc2[nH]c3cc(F)c(F)c(F)c3c2C1. The highest BCUT2D eigenvalue weighted by Gasteiger charge is 2.27. The molecule has 1 heterocycles. The molecular weight excluding hydrogens is 251 g/mol. The van der Waals surface area contributed by atoms with Crippen LogP contribution in [0.25, 0.3) is 10.9 Å². The Morgan fingerprint density at radius 3 is 2.63 bits per heavy atom. The Morgan fingerprint density at radius 2 is 1.95 bits per heavy atom. The molecule has 0 saturated heterocycles. The van der Waals surface area contributed by atoms with Crippen molar-refractivity contribution < 1.29 is 13.2 Å². The largest absolute Gasteiger partial charge is 0.358 e. The van der Waals surface area contributed by atoms with Crippen molar-refractivity contribution in [2.45, 2.75) is 33.1 Å². The maximum absolute atomic E-state index is 14.0. The van der Waals surface area contributed by atoms with Gasteiger partial charge < -0.3 is 4.98 Å². The summed E-state index contributed by atoms with van der Waals surface area (Å²) >= 11 is 0. The van der Waals surface area contributed by atoms with Crippen LogP contribution in [-0.2, 0) is 12.8 Å². The third kappa shape index (κ3) is 1.85. The number of fused-ring (bicyclic) bond motifs is 3. The number of aromatic amines is 1. The highest BCUT2D eigenvalue weighted by molar-refractivity contribution is 5.85. The fourth-order valence-electron chi connectivity index (χ4n) is 3.08. The zero-order valence-electron chi connectivity index (χ0n) is 11.0. The summed E-state index contributed by atoms with van der Waals surface area (Å²) in [7, 11) is 0. The van der Waals surface area contributed by atoms with E-state index in [1.807, 2.05) is 0 Å². The molecule has 1 atom stereocenters. The Kier molecular flexibility index (Phi) is 2.84. The normalized spacial score (nSPS) is 19.2. The quantitative estimate of drug-likeness (QED) is 0.739. The first-order valence-electron chi connectivity index (χ1n) is 6.66. The number of hydrogen-bond donors (Lipinski definition) is 1. The Balaban J connectivity index is 2.20. The average molecular weight is 267 g/mol. The molecule has 102 valence electrons. The van der Waals surface area contributed by atoms with Gasteiger partial charge in [0.05, 0.1) is 5.52 Å². The molecule has 1 N–H and O–H groups in total. The Labute approximate surface area is 109 Å². The first-order valence-corrected chi connectivity index (χ1v) is 6.66. The van der Waals surface area contributed by atoms with Crippen LogP contribution in [0, 0.1) is 29.3 Å². The van der Waals surface area contributed by atoms with Gasteiger partial charge in [-0.3, -0.25) is 0 Å². The van der Waals surface area contributed by atoms with Gasteiger partial charge >= 0.3 is 0 Å². The van der Waals surface area contributed by atoms with Gasteiger partial charge in [-0.05, 0) is 36.7 Å². The maximum atomic E-state index is 14.0. The van der Waals surface area contributed by atoms with Crippen LogP contribution in [-0.4, -0.2) is 4.98 Å². The molecular formula is C15H16F3N. The van der Waals surface area contributed by atoms with Gasteiger partial charge in [0.25, 0.3) is 0 Å². The van der Waals surface area contributed by atoms with E-state index < -0.39 is 17.5 Å². The summed E-state index contributed by atoms with van der Waals surface area (Å²) in [6, 6.07) is 1.05. The third-order valence-corrected chi connectivity index (χ3v) is 4.29. The van der Waals surface area contributed by atoms with Gasteiger partial charge in [-0.15, -0.1) is 0 Å². The molecule has 1 unspecified atom stereocenters. The van der Waals surface area contributed by atoms with Gasteiger partial charge in [-0.1, -0.05) is 13.8 Å². The minimum Gasteiger partial charge on any atom is -0.358 e. The van der Waals surface area contributed by atoms with Crippen molar-refractivity contribution in [3.8, 4) is 0 Å².